The molecule has 3 aromatic rings. The van der Waals surface area contributed by atoms with Crippen LogP contribution in [0.2, 0.25) is 0 Å². The van der Waals surface area contributed by atoms with Crippen molar-refractivity contribution in [3.05, 3.63) is 89.5 Å². The highest BCUT2D eigenvalue weighted by Gasteiger charge is 2.21. The molecule has 0 spiro atoms. The van der Waals surface area contributed by atoms with Crippen LogP contribution in [0.1, 0.15) is 21.5 Å². The SMILES string of the molecule is O=C(c1ccccc1)c1ccc(OC[C@@H](O)CN2CCN(Cc3ccc4c(c3)OCO4)CC2)cc1. The molecular formula is C28H30N2O5. The zero-order valence-corrected chi connectivity index (χ0v) is 19.6. The van der Waals surface area contributed by atoms with Crippen LogP contribution < -0.4 is 14.2 Å². The van der Waals surface area contributed by atoms with Gasteiger partial charge in [0.15, 0.2) is 17.3 Å². The molecule has 0 unspecified atom stereocenters. The fourth-order valence-electron chi connectivity index (χ4n) is 4.43. The van der Waals surface area contributed by atoms with E-state index in [1.165, 1.54) is 5.56 Å². The fraction of sp³-hybridized carbons (Fsp3) is 0.321. The number of carbonyl (C=O) groups is 1. The van der Waals surface area contributed by atoms with Crippen molar-refractivity contribution in [3.63, 3.8) is 0 Å². The number of piperazine rings is 1. The minimum Gasteiger partial charge on any atom is -0.491 e. The monoisotopic (exact) mass is 474 g/mol. The standard InChI is InChI=1S/C28H30N2O5/c31-24(19-33-25-9-7-23(8-10-25)28(32)22-4-2-1-3-5-22)18-30-14-12-29(13-15-30)17-21-6-11-26-27(16-21)35-20-34-26/h1-11,16,24,31H,12-15,17-20H2/t24-/m0/s1. The lowest BCUT2D eigenvalue weighted by molar-refractivity contribution is 0.0446. The minimum atomic E-state index is -0.582. The number of benzene rings is 3. The maximum absolute atomic E-state index is 12.5. The fourth-order valence-corrected chi connectivity index (χ4v) is 4.43. The van der Waals surface area contributed by atoms with Gasteiger partial charge in [-0.2, -0.15) is 0 Å². The zero-order valence-electron chi connectivity index (χ0n) is 19.6. The molecule has 3 aromatic carbocycles. The number of fused-ring (bicyclic) bond motifs is 1. The smallest absolute Gasteiger partial charge is 0.231 e. The lowest BCUT2D eigenvalue weighted by Gasteiger charge is -2.35. The molecule has 1 fully saturated rings. The predicted molar refractivity (Wildman–Crippen MR) is 132 cm³/mol. The van der Waals surface area contributed by atoms with Gasteiger partial charge in [-0.05, 0) is 42.0 Å². The quantitative estimate of drug-likeness (QED) is 0.478. The average molecular weight is 475 g/mol. The molecule has 0 bridgehead atoms. The third-order valence-corrected chi connectivity index (χ3v) is 6.37. The van der Waals surface area contributed by atoms with Crippen molar-refractivity contribution in [2.24, 2.45) is 0 Å². The minimum absolute atomic E-state index is 0.0187. The first kappa shape index (κ1) is 23.4. The van der Waals surface area contributed by atoms with E-state index < -0.39 is 6.10 Å². The molecule has 2 heterocycles. The van der Waals surface area contributed by atoms with Gasteiger partial charge in [0, 0.05) is 50.4 Å². The maximum Gasteiger partial charge on any atom is 0.231 e. The first-order valence-electron chi connectivity index (χ1n) is 12.0. The van der Waals surface area contributed by atoms with E-state index in [1.807, 2.05) is 24.3 Å². The van der Waals surface area contributed by atoms with E-state index in [2.05, 4.69) is 21.9 Å². The first-order valence-corrected chi connectivity index (χ1v) is 12.0. The summed E-state index contributed by atoms with van der Waals surface area (Å²) < 4.78 is 16.6. The van der Waals surface area contributed by atoms with Gasteiger partial charge in [0.25, 0.3) is 0 Å². The van der Waals surface area contributed by atoms with Crippen molar-refractivity contribution < 1.29 is 24.1 Å². The summed E-state index contributed by atoms with van der Waals surface area (Å²) >= 11 is 0. The van der Waals surface area contributed by atoms with Gasteiger partial charge >= 0.3 is 0 Å². The second-order valence-corrected chi connectivity index (χ2v) is 8.95. The lowest BCUT2D eigenvalue weighted by atomic mass is 10.0. The number of rotatable bonds is 9. The Kier molecular flexibility index (Phi) is 7.28. The molecule has 0 saturated carbocycles. The molecule has 35 heavy (non-hydrogen) atoms. The Hall–Kier alpha value is -3.39. The Morgan fingerprint density at radius 3 is 2.31 bits per heavy atom. The Morgan fingerprint density at radius 1 is 0.857 bits per heavy atom. The van der Waals surface area contributed by atoms with Crippen LogP contribution in [0.3, 0.4) is 0 Å². The Morgan fingerprint density at radius 2 is 1.54 bits per heavy atom. The number of hydrogen-bond donors (Lipinski definition) is 1. The zero-order chi connectivity index (χ0) is 24.0. The molecule has 7 nitrogen and oxygen atoms in total. The second kappa shape index (κ2) is 10.9. The average Bonchev–Trinajstić information content (AvgIpc) is 3.37. The highest BCUT2D eigenvalue weighted by Crippen LogP contribution is 2.32. The summed E-state index contributed by atoms with van der Waals surface area (Å²) in [5.74, 6) is 2.25. The summed E-state index contributed by atoms with van der Waals surface area (Å²) in [6.45, 7) is 5.64. The van der Waals surface area contributed by atoms with Gasteiger partial charge in [0.1, 0.15) is 18.5 Å². The van der Waals surface area contributed by atoms with Crippen LogP contribution in [0.4, 0.5) is 0 Å². The highest BCUT2D eigenvalue weighted by molar-refractivity contribution is 6.08. The molecule has 0 aliphatic carbocycles. The number of aliphatic hydroxyl groups is 1. The molecule has 182 valence electrons. The molecule has 5 rings (SSSR count). The van der Waals surface area contributed by atoms with Crippen molar-refractivity contribution in [1.29, 1.82) is 0 Å². The number of β-amino-alcohol motifs (C(OH)–C–C–N with tert-alkyl or cyclic N) is 1. The van der Waals surface area contributed by atoms with Crippen LogP contribution in [0.15, 0.2) is 72.8 Å². The predicted octanol–water partition coefficient (Wildman–Crippen LogP) is 3.20. The molecule has 0 amide bonds. The van der Waals surface area contributed by atoms with Crippen LogP contribution >= 0.6 is 0 Å². The molecule has 2 aliphatic heterocycles. The van der Waals surface area contributed by atoms with Gasteiger partial charge in [-0.15, -0.1) is 0 Å². The van der Waals surface area contributed by atoms with Crippen LogP contribution in [0.5, 0.6) is 17.2 Å². The van der Waals surface area contributed by atoms with E-state index in [0.717, 1.165) is 44.2 Å². The normalized spacial score (nSPS) is 16.7. The number of hydrogen-bond acceptors (Lipinski definition) is 7. The van der Waals surface area contributed by atoms with Crippen molar-refractivity contribution in [3.8, 4) is 17.2 Å². The van der Waals surface area contributed by atoms with Gasteiger partial charge in [-0.3, -0.25) is 14.6 Å². The summed E-state index contributed by atoms with van der Waals surface area (Å²) in [7, 11) is 0. The second-order valence-electron chi connectivity index (χ2n) is 8.95. The Labute approximate surface area is 205 Å². The van der Waals surface area contributed by atoms with Crippen LogP contribution in [-0.4, -0.2) is 72.9 Å². The molecule has 2 aliphatic rings. The number of ketones is 1. The van der Waals surface area contributed by atoms with E-state index >= 15 is 0 Å². The third kappa shape index (κ3) is 6.00. The Bertz CT molecular complexity index is 1130. The molecule has 1 saturated heterocycles. The maximum atomic E-state index is 12.5. The topological polar surface area (TPSA) is 71.5 Å². The van der Waals surface area contributed by atoms with Gasteiger partial charge in [0.2, 0.25) is 6.79 Å². The van der Waals surface area contributed by atoms with E-state index in [-0.39, 0.29) is 12.4 Å². The summed E-state index contributed by atoms with van der Waals surface area (Å²) in [6, 6.07) is 22.4. The summed E-state index contributed by atoms with van der Waals surface area (Å²) in [5.41, 5.74) is 2.49. The molecular weight excluding hydrogens is 444 g/mol. The van der Waals surface area contributed by atoms with Crippen molar-refractivity contribution in [1.82, 2.24) is 9.80 Å². The number of aliphatic hydroxyl groups excluding tert-OH is 1. The van der Waals surface area contributed by atoms with Gasteiger partial charge < -0.3 is 19.3 Å². The third-order valence-electron chi connectivity index (χ3n) is 6.37. The first-order chi connectivity index (χ1) is 17.1. The molecule has 1 N–H and O–H groups in total. The Balaban J connectivity index is 1.03. The van der Waals surface area contributed by atoms with Crippen LogP contribution in [0, 0.1) is 0 Å². The van der Waals surface area contributed by atoms with Crippen molar-refractivity contribution in [2.75, 3.05) is 46.1 Å². The van der Waals surface area contributed by atoms with E-state index in [9.17, 15) is 9.90 Å². The lowest BCUT2D eigenvalue weighted by Crippen LogP contribution is -2.48. The van der Waals surface area contributed by atoms with Crippen LogP contribution in [0.25, 0.3) is 0 Å². The van der Waals surface area contributed by atoms with Crippen LogP contribution in [-0.2, 0) is 6.54 Å². The van der Waals surface area contributed by atoms with Crippen molar-refractivity contribution in [2.45, 2.75) is 12.6 Å². The van der Waals surface area contributed by atoms with Gasteiger partial charge in [-0.1, -0.05) is 36.4 Å². The number of ether oxygens (including phenoxy) is 3. The summed E-state index contributed by atoms with van der Waals surface area (Å²) in [5, 5.41) is 10.5. The summed E-state index contributed by atoms with van der Waals surface area (Å²) in [6.07, 6.45) is -0.582. The number of nitrogens with zero attached hydrogens (tertiary/aromatic N) is 2. The summed E-state index contributed by atoms with van der Waals surface area (Å²) in [4.78, 5) is 17.2. The largest absolute Gasteiger partial charge is 0.491 e. The van der Waals surface area contributed by atoms with Crippen molar-refractivity contribution >= 4 is 5.78 Å². The molecule has 0 radical (unpaired) electrons. The van der Waals surface area contributed by atoms with Gasteiger partial charge in [0.05, 0.1) is 0 Å². The highest BCUT2D eigenvalue weighted by atomic mass is 16.7. The van der Waals surface area contributed by atoms with Gasteiger partial charge in [-0.25, -0.2) is 0 Å². The molecule has 0 aromatic heterocycles. The van der Waals surface area contributed by atoms with E-state index in [1.54, 1.807) is 36.4 Å². The molecule has 7 heteroatoms. The molecule has 1 atom stereocenters. The van der Waals surface area contributed by atoms with E-state index in [4.69, 9.17) is 14.2 Å². The van der Waals surface area contributed by atoms with E-state index in [0.29, 0.717) is 30.2 Å². The number of carbonyl (C=O) groups excluding carboxylic acids is 1.